The zero-order valence-corrected chi connectivity index (χ0v) is 13.9. The summed E-state index contributed by atoms with van der Waals surface area (Å²) in [5.41, 5.74) is 2.87. The number of hydrogen-bond donors (Lipinski definition) is 1. The molecule has 3 rings (SSSR count). The summed E-state index contributed by atoms with van der Waals surface area (Å²) in [6.07, 6.45) is 0.274. The number of aryl methyl sites for hydroxylation is 1. The molecule has 1 aromatic heterocycles. The van der Waals surface area contributed by atoms with Gasteiger partial charge in [0.1, 0.15) is 0 Å². The van der Waals surface area contributed by atoms with Crippen LogP contribution >= 0.6 is 11.6 Å². The Morgan fingerprint density at radius 3 is 2.71 bits per heavy atom. The van der Waals surface area contributed by atoms with Crippen molar-refractivity contribution in [2.24, 2.45) is 0 Å². The van der Waals surface area contributed by atoms with E-state index in [1.807, 2.05) is 43.3 Å². The van der Waals surface area contributed by atoms with Crippen molar-refractivity contribution in [2.45, 2.75) is 19.9 Å². The van der Waals surface area contributed by atoms with Crippen molar-refractivity contribution in [1.82, 2.24) is 15.5 Å². The minimum Gasteiger partial charge on any atom is -0.419 e. The summed E-state index contributed by atoms with van der Waals surface area (Å²) < 4.78 is 5.59. The summed E-state index contributed by atoms with van der Waals surface area (Å²) in [6.45, 7) is 2.20. The maximum Gasteiger partial charge on any atom is 0.247 e. The van der Waals surface area contributed by atoms with Gasteiger partial charge in [-0.2, -0.15) is 0 Å². The van der Waals surface area contributed by atoms with Crippen LogP contribution in [0.1, 0.15) is 17.0 Å². The highest BCUT2D eigenvalue weighted by atomic mass is 35.5. The van der Waals surface area contributed by atoms with Gasteiger partial charge in [0.05, 0.1) is 13.0 Å². The molecule has 0 aliphatic rings. The van der Waals surface area contributed by atoms with Crippen molar-refractivity contribution in [3.63, 3.8) is 0 Å². The van der Waals surface area contributed by atoms with Gasteiger partial charge in [-0.1, -0.05) is 41.4 Å². The fourth-order valence-corrected chi connectivity index (χ4v) is 2.37. The average Bonchev–Trinajstić information content (AvgIpc) is 3.04. The summed E-state index contributed by atoms with van der Waals surface area (Å²) in [7, 11) is 0. The molecule has 2 aromatic carbocycles. The number of benzene rings is 2. The first-order valence-corrected chi connectivity index (χ1v) is 7.88. The first kappa shape index (κ1) is 16.2. The van der Waals surface area contributed by atoms with Gasteiger partial charge in [-0.05, 0) is 36.8 Å². The Balaban J connectivity index is 1.57. The van der Waals surface area contributed by atoms with Gasteiger partial charge in [-0.15, -0.1) is 10.2 Å². The van der Waals surface area contributed by atoms with Crippen molar-refractivity contribution in [2.75, 3.05) is 0 Å². The SMILES string of the molecule is Cc1cccc(-c2nnc(CNC(=O)Cc3ccc(Cl)cc3)o2)c1. The molecule has 0 bridgehead atoms. The van der Waals surface area contributed by atoms with Crippen LogP contribution in [-0.2, 0) is 17.8 Å². The Hall–Kier alpha value is -2.66. The minimum atomic E-state index is -0.118. The number of carbonyl (C=O) groups is 1. The van der Waals surface area contributed by atoms with E-state index in [4.69, 9.17) is 16.0 Å². The Bertz CT molecular complexity index is 843. The topological polar surface area (TPSA) is 68.0 Å². The molecule has 0 aliphatic carbocycles. The fraction of sp³-hybridized carbons (Fsp3) is 0.167. The standard InChI is InChI=1S/C18H16ClN3O2/c1-12-3-2-4-14(9-12)18-22-21-17(24-18)11-20-16(23)10-13-5-7-15(19)8-6-13/h2-9H,10-11H2,1H3,(H,20,23). The molecule has 122 valence electrons. The van der Waals surface area contributed by atoms with Crippen molar-refractivity contribution >= 4 is 17.5 Å². The first-order chi connectivity index (χ1) is 11.6. The largest absolute Gasteiger partial charge is 0.419 e. The van der Waals surface area contributed by atoms with Crippen LogP contribution in [0.2, 0.25) is 5.02 Å². The van der Waals surface area contributed by atoms with Crippen LogP contribution < -0.4 is 5.32 Å². The van der Waals surface area contributed by atoms with Crippen LogP contribution in [0, 0.1) is 6.92 Å². The summed E-state index contributed by atoms with van der Waals surface area (Å²) in [5, 5.41) is 11.4. The third kappa shape index (κ3) is 4.20. The maximum absolute atomic E-state index is 12.0. The van der Waals surface area contributed by atoms with E-state index in [0.717, 1.165) is 16.7 Å². The lowest BCUT2D eigenvalue weighted by Gasteiger charge is -2.03. The fourth-order valence-electron chi connectivity index (χ4n) is 2.24. The van der Waals surface area contributed by atoms with E-state index >= 15 is 0 Å². The molecule has 0 spiro atoms. The lowest BCUT2D eigenvalue weighted by Crippen LogP contribution is -2.24. The van der Waals surface area contributed by atoms with E-state index in [2.05, 4.69) is 15.5 Å². The number of aromatic nitrogens is 2. The molecule has 1 amide bonds. The van der Waals surface area contributed by atoms with Crippen LogP contribution in [0.25, 0.3) is 11.5 Å². The summed E-state index contributed by atoms with van der Waals surface area (Å²) in [6, 6.07) is 15.0. The third-order valence-electron chi connectivity index (χ3n) is 3.45. The number of nitrogens with one attached hydrogen (secondary N) is 1. The molecule has 0 saturated carbocycles. The molecule has 0 saturated heterocycles. The number of amides is 1. The van der Waals surface area contributed by atoms with Crippen LogP contribution in [0.4, 0.5) is 0 Å². The number of carbonyl (C=O) groups excluding carboxylic acids is 1. The van der Waals surface area contributed by atoms with Gasteiger partial charge in [0.25, 0.3) is 0 Å². The van der Waals surface area contributed by atoms with E-state index in [0.29, 0.717) is 16.8 Å². The zero-order valence-electron chi connectivity index (χ0n) is 13.1. The quantitative estimate of drug-likeness (QED) is 0.770. The number of hydrogen-bond acceptors (Lipinski definition) is 4. The number of nitrogens with zero attached hydrogens (tertiary/aromatic N) is 2. The van der Waals surface area contributed by atoms with E-state index in [9.17, 15) is 4.79 Å². The monoisotopic (exact) mass is 341 g/mol. The smallest absolute Gasteiger partial charge is 0.247 e. The number of halogens is 1. The highest BCUT2D eigenvalue weighted by Crippen LogP contribution is 2.18. The molecule has 0 fully saturated rings. The number of rotatable bonds is 5. The molecule has 3 aromatic rings. The molecular formula is C18H16ClN3O2. The predicted octanol–water partition coefficient (Wildman–Crippen LogP) is 3.56. The molecule has 1 N–H and O–H groups in total. The second-order valence-corrected chi connectivity index (χ2v) is 5.89. The van der Waals surface area contributed by atoms with E-state index in [1.54, 1.807) is 12.1 Å². The van der Waals surface area contributed by atoms with Crippen LogP contribution in [-0.4, -0.2) is 16.1 Å². The van der Waals surface area contributed by atoms with Gasteiger partial charge < -0.3 is 9.73 Å². The maximum atomic E-state index is 12.0. The van der Waals surface area contributed by atoms with E-state index in [-0.39, 0.29) is 18.9 Å². The van der Waals surface area contributed by atoms with E-state index in [1.165, 1.54) is 0 Å². The average molecular weight is 342 g/mol. The van der Waals surface area contributed by atoms with Gasteiger partial charge in [0, 0.05) is 10.6 Å². The van der Waals surface area contributed by atoms with Gasteiger partial charge >= 0.3 is 0 Å². The lowest BCUT2D eigenvalue weighted by atomic mass is 10.1. The molecule has 0 aliphatic heterocycles. The van der Waals surface area contributed by atoms with Crippen molar-refractivity contribution in [1.29, 1.82) is 0 Å². The summed E-state index contributed by atoms with van der Waals surface area (Å²) in [5.74, 6) is 0.698. The van der Waals surface area contributed by atoms with Crippen molar-refractivity contribution < 1.29 is 9.21 Å². The minimum absolute atomic E-state index is 0.118. The molecule has 0 radical (unpaired) electrons. The van der Waals surface area contributed by atoms with Crippen LogP contribution in [0.15, 0.2) is 52.9 Å². The predicted molar refractivity (Wildman–Crippen MR) is 91.5 cm³/mol. The molecule has 5 nitrogen and oxygen atoms in total. The molecule has 0 atom stereocenters. The Morgan fingerprint density at radius 2 is 1.96 bits per heavy atom. The highest BCUT2D eigenvalue weighted by molar-refractivity contribution is 6.30. The van der Waals surface area contributed by atoms with Crippen LogP contribution in [0.5, 0.6) is 0 Å². The third-order valence-corrected chi connectivity index (χ3v) is 3.70. The molecular weight excluding hydrogens is 326 g/mol. The lowest BCUT2D eigenvalue weighted by molar-refractivity contribution is -0.120. The second kappa shape index (κ2) is 7.27. The highest BCUT2D eigenvalue weighted by Gasteiger charge is 2.10. The van der Waals surface area contributed by atoms with Gasteiger partial charge in [-0.25, -0.2) is 0 Å². The van der Waals surface area contributed by atoms with Crippen molar-refractivity contribution in [3.05, 3.63) is 70.6 Å². The van der Waals surface area contributed by atoms with Gasteiger partial charge in [-0.3, -0.25) is 4.79 Å². The van der Waals surface area contributed by atoms with E-state index < -0.39 is 0 Å². The normalized spacial score (nSPS) is 10.6. The molecule has 1 heterocycles. The molecule has 0 unspecified atom stereocenters. The molecule has 24 heavy (non-hydrogen) atoms. The summed E-state index contributed by atoms with van der Waals surface area (Å²) in [4.78, 5) is 12.0. The van der Waals surface area contributed by atoms with Crippen LogP contribution in [0.3, 0.4) is 0 Å². The second-order valence-electron chi connectivity index (χ2n) is 5.45. The Morgan fingerprint density at radius 1 is 1.17 bits per heavy atom. The van der Waals surface area contributed by atoms with Gasteiger partial charge in [0.15, 0.2) is 0 Å². The zero-order chi connectivity index (χ0) is 16.9. The molecule has 6 heteroatoms. The Kier molecular flexibility index (Phi) is 4.91. The van der Waals surface area contributed by atoms with Crippen molar-refractivity contribution in [3.8, 4) is 11.5 Å². The Labute approximate surface area is 144 Å². The summed E-state index contributed by atoms with van der Waals surface area (Å²) >= 11 is 5.82. The first-order valence-electron chi connectivity index (χ1n) is 7.51. The van der Waals surface area contributed by atoms with Gasteiger partial charge in [0.2, 0.25) is 17.7 Å².